The van der Waals surface area contributed by atoms with E-state index in [-0.39, 0.29) is 23.1 Å². The van der Waals surface area contributed by atoms with E-state index < -0.39 is 17.6 Å². The second-order valence-corrected chi connectivity index (χ2v) is 7.21. The Morgan fingerprint density at radius 1 is 1.21 bits per heavy atom. The summed E-state index contributed by atoms with van der Waals surface area (Å²) in [6, 6.07) is 2.79. The molecule has 29 heavy (non-hydrogen) atoms. The molecule has 0 bridgehead atoms. The van der Waals surface area contributed by atoms with Gasteiger partial charge in [-0.1, -0.05) is 13.8 Å². The predicted octanol–water partition coefficient (Wildman–Crippen LogP) is 4.06. The maximum atomic E-state index is 13.2. The van der Waals surface area contributed by atoms with Crippen molar-refractivity contribution in [1.29, 1.82) is 0 Å². The monoisotopic (exact) mass is 410 g/mol. The molecule has 0 radical (unpaired) electrons. The Morgan fingerprint density at radius 3 is 2.41 bits per heavy atom. The summed E-state index contributed by atoms with van der Waals surface area (Å²) in [5.41, 5.74) is -0.727. The Bertz CT molecular complexity index is 793. The van der Waals surface area contributed by atoms with E-state index in [2.05, 4.69) is 24.5 Å². The summed E-state index contributed by atoms with van der Waals surface area (Å²) < 4.78 is 45.4. The molecule has 1 fully saturated rings. The van der Waals surface area contributed by atoms with Crippen LogP contribution in [0.3, 0.4) is 0 Å². The van der Waals surface area contributed by atoms with E-state index in [1.54, 1.807) is 7.05 Å². The average molecular weight is 410 g/mol. The molecule has 0 spiro atoms. The molecule has 1 aromatic carbocycles. The maximum Gasteiger partial charge on any atom is 0.416 e. The van der Waals surface area contributed by atoms with Gasteiger partial charge in [0.1, 0.15) is 12.0 Å². The Kier molecular flexibility index (Phi) is 7.47. The number of amides is 1. The molecule has 1 aliphatic rings. The molecule has 8 heteroatoms. The molecular formula is C21H25F3N2O3. The first-order valence-electron chi connectivity index (χ1n) is 9.34. The number of halogens is 3. The highest BCUT2D eigenvalue weighted by Gasteiger charge is 2.34. The Balaban J connectivity index is 2.34. The third kappa shape index (κ3) is 6.10. The van der Waals surface area contributed by atoms with Crippen LogP contribution < -0.4 is 15.4 Å². The zero-order chi connectivity index (χ0) is 21.6. The second kappa shape index (κ2) is 9.62. The van der Waals surface area contributed by atoms with Crippen molar-refractivity contribution in [2.45, 2.75) is 39.0 Å². The minimum Gasteiger partial charge on any atom is -0.490 e. The highest BCUT2D eigenvalue weighted by molar-refractivity contribution is 5.98. The van der Waals surface area contributed by atoms with E-state index in [1.165, 1.54) is 12.3 Å². The molecule has 158 valence electrons. The van der Waals surface area contributed by atoms with Gasteiger partial charge >= 0.3 is 6.18 Å². The van der Waals surface area contributed by atoms with Crippen molar-refractivity contribution < 1.29 is 27.5 Å². The van der Waals surface area contributed by atoms with Crippen molar-refractivity contribution in [3.8, 4) is 5.75 Å². The number of alkyl halides is 3. The zero-order valence-corrected chi connectivity index (χ0v) is 16.5. The summed E-state index contributed by atoms with van der Waals surface area (Å²) in [5, 5.41) is 5.24. The standard InChI is InChI=1S/C21H25F3N2O3/c1-13-10-17(11-14(13)2)29-19-12-15(21(22,23)24)4-5-18(19)20(28)26-16(7-9-27)6-8-25-3/h4-9,12-14,17,25H,10-11H2,1-3H3,(H,26,28)/b8-6-,16-7+/t13-,14?,17?/m1/s1. The van der Waals surface area contributed by atoms with E-state index in [1.807, 2.05) is 0 Å². The van der Waals surface area contributed by atoms with E-state index in [0.717, 1.165) is 24.3 Å². The van der Waals surface area contributed by atoms with Crippen LogP contribution >= 0.6 is 0 Å². The number of rotatable bonds is 7. The summed E-state index contributed by atoms with van der Waals surface area (Å²) in [5.74, 6) is -0.0119. The quantitative estimate of drug-likeness (QED) is 0.404. The van der Waals surface area contributed by atoms with Crippen LogP contribution in [0.1, 0.15) is 42.6 Å². The molecule has 1 amide bonds. The molecule has 0 aliphatic heterocycles. The fourth-order valence-corrected chi connectivity index (χ4v) is 3.23. The molecule has 3 atom stereocenters. The maximum absolute atomic E-state index is 13.2. The molecule has 1 aromatic rings. The highest BCUT2D eigenvalue weighted by Crippen LogP contribution is 2.37. The lowest BCUT2D eigenvalue weighted by molar-refractivity contribution is -0.137. The van der Waals surface area contributed by atoms with Crippen LogP contribution in [0.15, 0.2) is 42.2 Å². The lowest BCUT2D eigenvalue weighted by atomic mass is 10.0. The van der Waals surface area contributed by atoms with Gasteiger partial charge in [-0.15, -0.1) is 0 Å². The molecule has 2 rings (SSSR count). The number of aldehydes is 1. The Labute approximate surface area is 168 Å². The molecule has 5 nitrogen and oxygen atoms in total. The van der Waals surface area contributed by atoms with Gasteiger partial charge in [0, 0.05) is 18.8 Å². The van der Waals surface area contributed by atoms with E-state index >= 15 is 0 Å². The molecule has 2 N–H and O–H groups in total. The van der Waals surface area contributed by atoms with Crippen molar-refractivity contribution >= 4 is 12.2 Å². The number of hydrogen-bond donors (Lipinski definition) is 2. The predicted molar refractivity (Wildman–Crippen MR) is 103 cm³/mol. The van der Waals surface area contributed by atoms with Crippen LogP contribution in [0, 0.1) is 11.8 Å². The molecule has 1 aliphatic carbocycles. The van der Waals surface area contributed by atoms with Gasteiger partial charge in [-0.2, -0.15) is 13.2 Å². The Hall–Kier alpha value is -2.77. The summed E-state index contributed by atoms with van der Waals surface area (Å²) in [6.07, 6.45) is 1.20. The smallest absolute Gasteiger partial charge is 0.416 e. The van der Waals surface area contributed by atoms with Gasteiger partial charge in [-0.25, -0.2) is 0 Å². The first-order chi connectivity index (χ1) is 13.7. The average Bonchev–Trinajstić information content (AvgIpc) is 2.96. The third-order valence-corrected chi connectivity index (χ3v) is 5.02. The minimum atomic E-state index is -4.55. The minimum absolute atomic E-state index is 0.0279. The van der Waals surface area contributed by atoms with E-state index in [4.69, 9.17) is 4.74 Å². The number of carbonyl (C=O) groups is 2. The third-order valence-electron chi connectivity index (χ3n) is 5.02. The molecule has 0 saturated heterocycles. The van der Waals surface area contributed by atoms with Gasteiger partial charge in [0.15, 0.2) is 0 Å². The number of nitrogens with one attached hydrogen (secondary N) is 2. The number of ether oxygens (including phenoxy) is 1. The second-order valence-electron chi connectivity index (χ2n) is 7.21. The molecule has 0 aromatic heterocycles. The van der Waals surface area contributed by atoms with Crippen LogP contribution in [-0.4, -0.2) is 25.3 Å². The lowest BCUT2D eigenvalue weighted by Crippen LogP contribution is -2.24. The number of hydrogen-bond acceptors (Lipinski definition) is 4. The van der Waals surface area contributed by atoms with Crippen LogP contribution in [-0.2, 0) is 11.0 Å². The number of carbonyl (C=O) groups excluding carboxylic acids is 2. The van der Waals surface area contributed by atoms with Gasteiger partial charge < -0.3 is 15.4 Å². The van der Waals surface area contributed by atoms with Gasteiger partial charge in [0.2, 0.25) is 0 Å². The normalized spacial score (nSPS) is 22.6. The van der Waals surface area contributed by atoms with E-state index in [9.17, 15) is 22.8 Å². The number of benzene rings is 1. The van der Waals surface area contributed by atoms with Gasteiger partial charge in [-0.05, 0) is 55.2 Å². The van der Waals surface area contributed by atoms with Crippen molar-refractivity contribution in [2.24, 2.45) is 11.8 Å². The Morgan fingerprint density at radius 2 is 1.86 bits per heavy atom. The van der Waals surface area contributed by atoms with Gasteiger partial charge in [0.05, 0.1) is 17.2 Å². The van der Waals surface area contributed by atoms with Crippen LogP contribution in [0.25, 0.3) is 0 Å². The summed E-state index contributed by atoms with van der Waals surface area (Å²) >= 11 is 0. The molecule has 2 unspecified atom stereocenters. The van der Waals surface area contributed by atoms with Gasteiger partial charge in [-0.3, -0.25) is 9.59 Å². The molecule has 0 heterocycles. The summed E-state index contributed by atoms with van der Waals surface area (Å²) in [7, 11) is 1.64. The van der Waals surface area contributed by atoms with Crippen LogP contribution in [0.5, 0.6) is 5.75 Å². The van der Waals surface area contributed by atoms with Crippen molar-refractivity contribution in [1.82, 2.24) is 10.6 Å². The fraction of sp³-hybridized carbons (Fsp3) is 0.429. The van der Waals surface area contributed by atoms with Crippen LogP contribution in [0.2, 0.25) is 0 Å². The van der Waals surface area contributed by atoms with Crippen molar-refractivity contribution in [3.05, 3.63) is 53.4 Å². The molecule has 1 saturated carbocycles. The first kappa shape index (κ1) is 22.5. The topological polar surface area (TPSA) is 67.4 Å². The summed E-state index contributed by atoms with van der Waals surface area (Å²) in [4.78, 5) is 23.5. The summed E-state index contributed by atoms with van der Waals surface area (Å²) in [6.45, 7) is 4.14. The van der Waals surface area contributed by atoms with Crippen molar-refractivity contribution in [3.63, 3.8) is 0 Å². The fourth-order valence-electron chi connectivity index (χ4n) is 3.23. The SMILES string of the molecule is CN/C=C\C(=C/C=O)NC(=O)c1ccc(C(F)(F)F)cc1OC1CC(C)[C@H](C)C1. The molecular weight excluding hydrogens is 385 g/mol. The van der Waals surface area contributed by atoms with Crippen molar-refractivity contribution in [2.75, 3.05) is 7.05 Å². The first-order valence-corrected chi connectivity index (χ1v) is 9.34. The van der Waals surface area contributed by atoms with Crippen LogP contribution in [0.4, 0.5) is 13.2 Å². The highest BCUT2D eigenvalue weighted by atomic mass is 19.4. The largest absolute Gasteiger partial charge is 0.490 e. The zero-order valence-electron chi connectivity index (χ0n) is 16.5. The van der Waals surface area contributed by atoms with E-state index in [0.29, 0.717) is 31.0 Å². The lowest BCUT2D eigenvalue weighted by Gasteiger charge is -2.19. The van der Waals surface area contributed by atoms with Gasteiger partial charge in [0.25, 0.3) is 5.91 Å². The number of allylic oxidation sites excluding steroid dienone is 2.